The number of hydrogen-bond donors (Lipinski definition) is 3. The highest BCUT2D eigenvalue weighted by Gasteiger charge is 2.22. The van der Waals surface area contributed by atoms with Gasteiger partial charge in [-0.15, -0.1) is 0 Å². The molecule has 2 aromatic carbocycles. The summed E-state index contributed by atoms with van der Waals surface area (Å²) in [5.74, 6) is 0. The van der Waals surface area contributed by atoms with Crippen molar-refractivity contribution in [2.45, 2.75) is 79.1 Å². The van der Waals surface area contributed by atoms with E-state index in [1.807, 2.05) is 51.1 Å². The van der Waals surface area contributed by atoms with Crippen molar-refractivity contribution in [3.8, 4) is 0 Å². The molecule has 1 unspecified atom stereocenters. The number of aliphatic hydroxyl groups excluding tert-OH is 3. The average molecular weight is 411 g/mol. The fraction of sp³-hybridized carbons (Fsp3) is 0.481. The lowest BCUT2D eigenvalue weighted by Crippen LogP contribution is -2.23. The number of benzene rings is 2. The quantitative estimate of drug-likeness (QED) is 0.553. The summed E-state index contributed by atoms with van der Waals surface area (Å²) >= 11 is 0. The van der Waals surface area contributed by atoms with Crippen LogP contribution in [0.25, 0.3) is 6.08 Å². The molecule has 1 atom stereocenters. The van der Waals surface area contributed by atoms with Crippen molar-refractivity contribution in [1.82, 2.24) is 0 Å². The molecule has 2 rings (SSSR count). The molecule has 0 bridgehead atoms. The van der Waals surface area contributed by atoms with Gasteiger partial charge in [-0.2, -0.15) is 0 Å². The zero-order chi connectivity index (χ0) is 22.5. The van der Waals surface area contributed by atoms with E-state index in [2.05, 4.69) is 39.0 Å². The second-order valence-electron chi connectivity index (χ2n) is 10.0. The fourth-order valence-electron chi connectivity index (χ4n) is 3.50. The maximum absolute atomic E-state index is 10.3. The van der Waals surface area contributed by atoms with Crippen molar-refractivity contribution in [3.63, 3.8) is 0 Å². The fourth-order valence-corrected chi connectivity index (χ4v) is 3.50. The minimum atomic E-state index is -0.478. The first kappa shape index (κ1) is 24.3. The molecule has 3 N–H and O–H groups in total. The monoisotopic (exact) mass is 410 g/mol. The van der Waals surface area contributed by atoms with Crippen LogP contribution in [0.2, 0.25) is 0 Å². The van der Waals surface area contributed by atoms with Crippen molar-refractivity contribution in [1.29, 1.82) is 0 Å². The van der Waals surface area contributed by atoms with Crippen LogP contribution in [0, 0.1) is 12.3 Å². The molecule has 0 fully saturated rings. The Hall–Kier alpha value is -1.94. The Labute approximate surface area is 182 Å². The molecule has 164 valence electrons. The highest BCUT2D eigenvalue weighted by molar-refractivity contribution is 5.55. The molecule has 0 radical (unpaired) electrons. The Bertz CT molecular complexity index is 872. The van der Waals surface area contributed by atoms with Crippen molar-refractivity contribution >= 4 is 6.08 Å². The zero-order valence-electron chi connectivity index (χ0n) is 19.4. The van der Waals surface area contributed by atoms with E-state index < -0.39 is 6.10 Å². The Balaban J connectivity index is 2.12. The molecule has 0 spiro atoms. The molecule has 0 heterocycles. The summed E-state index contributed by atoms with van der Waals surface area (Å²) in [5.41, 5.74) is 6.23. The maximum Gasteiger partial charge on any atom is 0.0772 e. The van der Waals surface area contributed by atoms with Gasteiger partial charge in [0.05, 0.1) is 19.3 Å². The molecule has 3 nitrogen and oxygen atoms in total. The van der Waals surface area contributed by atoms with Gasteiger partial charge in [-0.3, -0.25) is 0 Å². The number of rotatable bonds is 8. The van der Waals surface area contributed by atoms with Gasteiger partial charge >= 0.3 is 0 Å². The number of hydrogen-bond acceptors (Lipinski definition) is 3. The smallest absolute Gasteiger partial charge is 0.0772 e. The predicted molar refractivity (Wildman–Crippen MR) is 125 cm³/mol. The summed E-state index contributed by atoms with van der Waals surface area (Å²) in [6, 6.07) is 12.5. The molecule has 3 heteroatoms. The molecule has 0 saturated carbocycles. The first-order valence-corrected chi connectivity index (χ1v) is 10.8. The van der Waals surface area contributed by atoms with E-state index in [-0.39, 0.29) is 24.0 Å². The lowest BCUT2D eigenvalue weighted by atomic mass is 9.78. The molecule has 0 aliphatic heterocycles. The third kappa shape index (κ3) is 6.28. The molecular formula is C27H38O3. The second-order valence-corrected chi connectivity index (χ2v) is 10.0. The van der Waals surface area contributed by atoms with Crippen LogP contribution in [0.3, 0.4) is 0 Å². The lowest BCUT2D eigenvalue weighted by molar-refractivity contribution is 0.106. The molecule has 0 aliphatic rings. The molecule has 2 aromatic rings. The first-order chi connectivity index (χ1) is 14.0. The standard InChI is InChI=1S/C27H38O3/c1-19-15-24(11-9-21(19)10-12-25(30)26(2,3)4)27(5,6)14-13-20-7-8-22(17-28)23(16-20)18-29/h7-12,15-16,25,28-30H,13-14,17-18H2,1-6H3. The van der Waals surface area contributed by atoms with Gasteiger partial charge in [0.2, 0.25) is 0 Å². The van der Waals surface area contributed by atoms with Crippen molar-refractivity contribution in [2.75, 3.05) is 0 Å². The highest BCUT2D eigenvalue weighted by atomic mass is 16.3. The van der Waals surface area contributed by atoms with Crippen LogP contribution in [0.15, 0.2) is 42.5 Å². The van der Waals surface area contributed by atoms with Gasteiger partial charge in [-0.25, -0.2) is 0 Å². The molecule has 0 saturated heterocycles. The molecule has 0 aliphatic carbocycles. The van der Waals surface area contributed by atoms with Crippen LogP contribution in [0.4, 0.5) is 0 Å². The van der Waals surface area contributed by atoms with Crippen LogP contribution >= 0.6 is 0 Å². The average Bonchev–Trinajstić information content (AvgIpc) is 2.70. The van der Waals surface area contributed by atoms with Gasteiger partial charge in [-0.05, 0) is 64.0 Å². The summed E-state index contributed by atoms with van der Waals surface area (Å²) in [6.07, 6.45) is 5.30. The van der Waals surface area contributed by atoms with Crippen molar-refractivity contribution < 1.29 is 15.3 Å². The van der Waals surface area contributed by atoms with Gasteiger partial charge in [0.15, 0.2) is 0 Å². The molecular weight excluding hydrogens is 372 g/mol. The van der Waals surface area contributed by atoms with Crippen LogP contribution in [-0.2, 0) is 25.0 Å². The summed E-state index contributed by atoms with van der Waals surface area (Å²) < 4.78 is 0. The third-order valence-electron chi connectivity index (χ3n) is 6.05. The van der Waals surface area contributed by atoms with E-state index in [4.69, 9.17) is 0 Å². The minimum Gasteiger partial charge on any atom is -0.392 e. The minimum absolute atomic E-state index is 0.00690. The SMILES string of the molecule is Cc1cc(C(C)(C)CCc2ccc(CO)c(CO)c2)ccc1C=CC(O)C(C)(C)C. The summed E-state index contributed by atoms with van der Waals surface area (Å²) in [4.78, 5) is 0. The van der Waals surface area contributed by atoms with Crippen LogP contribution in [-0.4, -0.2) is 21.4 Å². The summed E-state index contributed by atoms with van der Waals surface area (Å²) in [5, 5.41) is 29.2. The van der Waals surface area contributed by atoms with E-state index in [1.54, 1.807) is 0 Å². The van der Waals surface area contributed by atoms with Crippen molar-refractivity contribution in [2.24, 2.45) is 5.41 Å². The largest absolute Gasteiger partial charge is 0.392 e. The Morgan fingerprint density at radius 2 is 1.57 bits per heavy atom. The topological polar surface area (TPSA) is 60.7 Å². The normalized spacial score (nSPS) is 13.8. The van der Waals surface area contributed by atoms with E-state index in [9.17, 15) is 15.3 Å². The Kier molecular flexibility index (Phi) is 8.04. The molecule has 0 amide bonds. The van der Waals surface area contributed by atoms with Crippen molar-refractivity contribution in [3.05, 3.63) is 75.9 Å². The van der Waals surface area contributed by atoms with E-state index in [1.165, 1.54) is 16.7 Å². The Morgan fingerprint density at radius 1 is 0.900 bits per heavy atom. The van der Waals surface area contributed by atoms with Gasteiger partial charge in [0.1, 0.15) is 0 Å². The van der Waals surface area contributed by atoms with E-state index in [0.29, 0.717) is 0 Å². The third-order valence-corrected chi connectivity index (χ3v) is 6.05. The van der Waals surface area contributed by atoms with Gasteiger partial charge in [0, 0.05) is 0 Å². The van der Waals surface area contributed by atoms with Crippen LogP contribution in [0.1, 0.15) is 74.4 Å². The number of aryl methyl sites for hydroxylation is 2. The lowest BCUT2D eigenvalue weighted by Gasteiger charge is -2.26. The molecule has 30 heavy (non-hydrogen) atoms. The predicted octanol–water partition coefficient (Wildman–Crippen LogP) is 5.31. The second kappa shape index (κ2) is 9.91. The van der Waals surface area contributed by atoms with E-state index in [0.717, 1.165) is 29.5 Å². The first-order valence-electron chi connectivity index (χ1n) is 10.8. The maximum atomic E-state index is 10.3. The van der Waals surface area contributed by atoms with Gasteiger partial charge in [0.25, 0.3) is 0 Å². The summed E-state index contributed by atoms with van der Waals surface area (Å²) in [6.45, 7) is 12.6. The highest BCUT2D eigenvalue weighted by Crippen LogP contribution is 2.31. The van der Waals surface area contributed by atoms with E-state index >= 15 is 0 Å². The van der Waals surface area contributed by atoms with Gasteiger partial charge < -0.3 is 15.3 Å². The van der Waals surface area contributed by atoms with Crippen LogP contribution in [0.5, 0.6) is 0 Å². The molecule has 0 aromatic heterocycles. The van der Waals surface area contributed by atoms with Gasteiger partial charge in [-0.1, -0.05) is 83.2 Å². The number of aliphatic hydroxyl groups is 3. The Morgan fingerprint density at radius 3 is 2.13 bits per heavy atom. The zero-order valence-corrected chi connectivity index (χ0v) is 19.4. The summed E-state index contributed by atoms with van der Waals surface area (Å²) in [7, 11) is 0. The van der Waals surface area contributed by atoms with Crippen LogP contribution < -0.4 is 0 Å².